The van der Waals surface area contributed by atoms with E-state index >= 15 is 0 Å². The molecule has 7 rings (SSSR count). The summed E-state index contributed by atoms with van der Waals surface area (Å²) < 4.78 is 0. The topological polar surface area (TPSA) is 343 Å². The van der Waals surface area contributed by atoms with E-state index in [1.807, 2.05) is 54.6 Å². The molecule has 424 valence electrons. The van der Waals surface area contributed by atoms with Crippen molar-refractivity contribution in [2.24, 2.45) is 11.7 Å². The fourth-order valence-corrected chi connectivity index (χ4v) is 9.63. The highest BCUT2D eigenvalue weighted by Gasteiger charge is 2.37. The molecule has 0 radical (unpaired) electrons. The van der Waals surface area contributed by atoms with Crippen LogP contribution in [0, 0.1) is 5.92 Å². The zero-order chi connectivity index (χ0) is 57.3. The molecule has 0 spiro atoms. The lowest BCUT2D eigenvalue weighted by atomic mass is 10.0. The number of nitrogens with one attached hydrogen (secondary N) is 10. The van der Waals surface area contributed by atoms with E-state index in [1.54, 1.807) is 43.3 Å². The van der Waals surface area contributed by atoms with Gasteiger partial charge >= 0.3 is 0 Å². The van der Waals surface area contributed by atoms with Crippen LogP contribution in [-0.2, 0) is 70.5 Å². The van der Waals surface area contributed by atoms with Crippen LogP contribution in [0.4, 0.5) is 0 Å². The zero-order valence-corrected chi connectivity index (χ0v) is 45.3. The second kappa shape index (κ2) is 28.1. The standard InChI is InChI=1S/C57H72N14O9/c1-33(2)50(56(79)66-34(3)52(75)69-48(26-40-29-60-32-64-40)57(80)71-22-10-13-41(71)30-62-45(51(58)74)23-37-11-6-5-7-12-37)70-53(76)35(4)65-54(77)46(24-38-27-61-44-15-9-8-14-43(38)44)68-55(78)47(25-39-28-59-31-63-39)67-49(73)21-18-36-16-19-42(72)20-17-36/h5-9,11-12,14-17,19-20,27-29,31-35,41,45-48,50,61-62,72H,10,13,18,21-26,30H2,1-4H3,(H2,58,74)(H,59,63)(H,60,64)(H,65,77)(H,66,79)(H,67,73)(H,68,78)(H,69,75)(H,70,76)/t34-,35+,41+,45+,46+,47+,48+,50+/m1/s1. The Labute approximate surface area is 463 Å². The molecule has 0 saturated carbocycles. The SMILES string of the molecule is CC(C)[C@H](NC(=O)[C@H](C)NC(=O)[C@H](Cc1c[nH]c2ccccc12)NC(=O)[C@H](Cc1cnc[nH]1)NC(=O)CCc1ccc(O)cc1)C(=O)N[C@H](C)C(=O)N[C@@H](Cc1cnc[nH]1)C(=O)N1CCC[C@H]1CN[C@@H](Cc1ccccc1)C(N)=O. The number of amides is 8. The van der Waals surface area contributed by atoms with E-state index < -0.39 is 89.6 Å². The third-order valence-electron chi connectivity index (χ3n) is 14.2. The number of phenolic OH excluding ortho intramolecular Hbond substituents is 1. The molecule has 80 heavy (non-hydrogen) atoms. The number of aromatic amines is 3. The van der Waals surface area contributed by atoms with Crippen LogP contribution in [0.5, 0.6) is 5.75 Å². The Hall–Kier alpha value is -8.86. The Morgan fingerprint density at radius 3 is 1.89 bits per heavy atom. The van der Waals surface area contributed by atoms with Crippen molar-refractivity contribution in [2.75, 3.05) is 13.1 Å². The van der Waals surface area contributed by atoms with Crippen molar-refractivity contribution in [3.05, 3.63) is 138 Å². The van der Waals surface area contributed by atoms with Crippen LogP contribution >= 0.6 is 0 Å². The van der Waals surface area contributed by atoms with Crippen molar-refractivity contribution >= 4 is 58.2 Å². The first-order valence-electron chi connectivity index (χ1n) is 26.9. The number of aryl methyl sites for hydroxylation is 1. The first-order chi connectivity index (χ1) is 38.4. The number of imidazole rings is 2. The molecule has 3 aromatic carbocycles. The number of benzene rings is 3. The van der Waals surface area contributed by atoms with Crippen LogP contribution in [0.15, 0.2) is 110 Å². The number of rotatable bonds is 28. The first-order valence-corrected chi connectivity index (χ1v) is 26.9. The number of carbonyl (C=O) groups is 8. The van der Waals surface area contributed by atoms with Gasteiger partial charge in [-0.2, -0.15) is 0 Å². The maximum absolute atomic E-state index is 14.4. The summed E-state index contributed by atoms with van der Waals surface area (Å²) in [6.45, 7) is 6.98. The summed E-state index contributed by atoms with van der Waals surface area (Å²) in [5.41, 5.74) is 10.1. The molecular weight excluding hydrogens is 1020 g/mol. The summed E-state index contributed by atoms with van der Waals surface area (Å²) >= 11 is 0. The predicted octanol–water partition coefficient (Wildman–Crippen LogP) is 1.26. The number of aromatic hydroxyl groups is 1. The van der Waals surface area contributed by atoms with Crippen LogP contribution < -0.4 is 43.0 Å². The number of hydrogen-bond donors (Lipinski definition) is 12. The first kappa shape index (κ1) is 58.8. The largest absolute Gasteiger partial charge is 0.508 e. The number of nitrogens with two attached hydrogens (primary N) is 1. The molecule has 0 unspecified atom stereocenters. The van der Waals surface area contributed by atoms with Gasteiger partial charge in [0.25, 0.3) is 0 Å². The minimum absolute atomic E-state index is 0.00805. The van der Waals surface area contributed by atoms with Crippen molar-refractivity contribution in [1.82, 2.24) is 67.0 Å². The molecule has 8 amide bonds. The van der Waals surface area contributed by atoms with Gasteiger partial charge in [0.15, 0.2) is 0 Å². The Bertz CT molecular complexity index is 3040. The molecule has 1 aliphatic rings. The predicted molar refractivity (Wildman–Crippen MR) is 297 cm³/mol. The van der Waals surface area contributed by atoms with E-state index in [0.717, 1.165) is 22.0 Å². The van der Waals surface area contributed by atoms with Gasteiger partial charge in [-0.3, -0.25) is 38.4 Å². The minimum atomic E-state index is -1.27. The Kier molecular flexibility index (Phi) is 20.7. The number of hydrogen-bond acceptors (Lipinski definition) is 12. The smallest absolute Gasteiger partial charge is 0.245 e. The van der Waals surface area contributed by atoms with Gasteiger partial charge in [-0.1, -0.05) is 74.5 Å². The summed E-state index contributed by atoms with van der Waals surface area (Å²) in [6.07, 6.45) is 9.82. The quantitative estimate of drug-likeness (QED) is 0.0331. The van der Waals surface area contributed by atoms with Gasteiger partial charge in [-0.15, -0.1) is 0 Å². The number of H-pyrrole nitrogens is 3. The number of fused-ring (bicyclic) bond motifs is 1. The summed E-state index contributed by atoms with van der Waals surface area (Å²) in [5, 5.41) is 30.3. The van der Waals surface area contributed by atoms with Crippen molar-refractivity contribution in [2.45, 2.75) is 127 Å². The summed E-state index contributed by atoms with van der Waals surface area (Å²) in [7, 11) is 0. The van der Waals surface area contributed by atoms with E-state index in [1.165, 1.54) is 44.8 Å². The highest BCUT2D eigenvalue weighted by Crippen LogP contribution is 2.22. The van der Waals surface area contributed by atoms with Crippen LogP contribution in [0.1, 0.15) is 75.0 Å². The fraction of sp³-hybridized carbons (Fsp3) is 0.404. The van der Waals surface area contributed by atoms with Gasteiger partial charge in [0.2, 0.25) is 47.3 Å². The molecule has 8 atom stereocenters. The number of primary amides is 1. The summed E-state index contributed by atoms with van der Waals surface area (Å²) in [6, 6.07) is 15.2. The van der Waals surface area contributed by atoms with E-state index in [4.69, 9.17) is 5.73 Å². The normalized spacial score (nSPS) is 15.9. The average molecular weight is 1100 g/mol. The highest BCUT2D eigenvalue weighted by atomic mass is 16.3. The van der Waals surface area contributed by atoms with Crippen molar-refractivity contribution < 1.29 is 43.5 Å². The van der Waals surface area contributed by atoms with Crippen molar-refractivity contribution in [1.29, 1.82) is 0 Å². The van der Waals surface area contributed by atoms with E-state index in [-0.39, 0.29) is 49.9 Å². The second-order valence-electron chi connectivity index (χ2n) is 20.6. The van der Waals surface area contributed by atoms with Crippen molar-refractivity contribution in [3.63, 3.8) is 0 Å². The molecular formula is C57H72N14O9. The van der Waals surface area contributed by atoms with E-state index in [0.29, 0.717) is 49.2 Å². The van der Waals surface area contributed by atoms with Gasteiger partial charge in [-0.25, -0.2) is 9.97 Å². The van der Waals surface area contributed by atoms with Gasteiger partial charge in [0, 0.05) is 85.7 Å². The number of aromatic nitrogens is 5. The maximum atomic E-state index is 14.4. The molecule has 1 fully saturated rings. The third-order valence-corrected chi connectivity index (χ3v) is 14.2. The Morgan fingerprint density at radius 1 is 0.637 bits per heavy atom. The van der Waals surface area contributed by atoms with E-state index in [2.05, 4.69) is 62.1 Å². The van der Waals surface area contributed by atoms with Gasteiger partial charge in [0.05, 0.1) is 18.7 Å². The number of para-hydroxylation sites is 1. The second-order valence-corrected chi connectivity index (χ2v) is 20.6. The van der Waals surface area contributed by atoms with E-state index in [9.17, 15) is 43.5 Å². The molecule has 0 bridgehead atoms. The fourth-order valence-electron chi connectivity index (χ4n) is 9.63. The van der Waals surface area contributed by atoms with Crippen LogP contribution in [0.25, 0.3) is 10.9 Å². The maximum Gasteiger partial charge on any atom is 0.245 e. The Balaban J connectivity index is 0.982. The van der Waals surface area contributed by atoms with Crippen LogP contribution in [0.2, 0.25) is 0 Å². The van der Waals surface area contributed by atoms with Gasteiger partial charge in [0.1, 0.15) is 42.0 Å². The summed E-state index contributed by atoms with van der Waals surface area (Å²) in [4.78, 5) is 130. The highest BCUT2D eigenvalue weighted by molar-refractivity contribution is 5.97. The lowest BCUT2D eigenvalue weighted by Gasteiger charge is -2.31. The van der Waals surface area contributed by atoms with Crippen LogP contribution in [-0.4, -0.2) is 144 Å². The molecule has 1 saturated heterocycles. The summed E-state index contributed by atoms with van der Waals surface area (Å²) in [5.74, 6) is -5.24. The number of nitrogens with zero attached hydrogens (tertiary/aromatic N) is 3. The molecule has 23 heteroatoms. The molecule has 4 heterocycles. The molecule has 1 aliphatic heterocycles. The third kappa shape index (κ3) is 16.6. The number of carbonyl (C=O) groups excluding carboxylic acids is 8. The average Bonchev–Trinajstić information content (AvgIpc) is 4.31. The Morgan fingerprint density at radius 2 is 1.24 bits per heavy atom. The van der Waals surface area contributed by atoms with Gasteiger partial charge < -0.3 is 67.9 Å². The zero-order valence-electron chi connectivity index (χ0n) is 45.3. The molecule has 3 aromatic heterocycles. The van der Waals surface area contributed by atoms with Crippen molar-refractivity contribution in [3.8, 4) is 5.75 Å². The number of likely N-dealkylation sites (tertiary alicyclic amines) is 1. The van der Waals surface area contributed by atoms with Gasteiger partial charge in [-0.05, 0) is 80.3 Å². The monoisotopic (exact) mass is 1100 g/mol. The number of phenols is 1. The van der Waals surface area contributed by atoms with Crippen LogP contribution in [0.3, 0.4) is 0 Å². The molecule has 23 nitrogen and oxygen atoms in total. The lowest BCUT2D eigenvalue weighted by Crippen LogP contribution is -2.60. The molecule has 13 N–H and O–H groups in total. The minimum Gasteiger partial charge on any atom is -0.508 e. The lowest BCUT2D eigenvalue weighted by molar-refractivity contribution is -0.138. The molecule has 0 aliphatic carbocycles. The molecule has 6 aromatic rings.